The van der Waals surface area contributed by atoms with Crippen LogP contribution in [0.15, 0.2) is 0 Å². The Bertz CT molecular complexity index is 238. The van der Waals surface area contributed by atoms with Crippen LogP contribution in [0.1, 0.15) is 45.4 Å². The van der Waals surface area contributed by atoms with E-state index in [-0.39, 0.29) is 17.6 Å². The third kappa shape index (κ3) is 3.33. The summed E-state index contributed by atoms with van der Waals surface area (Å²) in [5.41, 5.74) is 0. The van der Waals surface area contributed by atoms with Crippen molar-refractivity contribution < 1.29 is 9.59 Å². The van der Waals surface area contributed by atoms with E-state index in [1.807, 2.05) is 0 Å². The largest absolute Gasteiger partial charge is 0.345 e. The molecule has 1 aliphatic rings. The maximum Gasteiger partial charge on any atom is 0.232 e. The van der Waals surface area contributed by atoms with Gasteiger partial charge in [0.05, 0.1) is 5.92 Å². The zero-order valence-corrected chi connectivity index (χ0v) is 9.79. The van der Waals surface area contributed by atoms with Crippen LogP contribution in [0.4, 0.5) is 0 Å². The van der Waals surface area contributed by atoms with E-state index in [1.54, 1.807) is 11.9 Å². The van der Waals surface area contributed by atoms with E-state index in [0.717, 1.165) is 38.6 Å². The Morgan fingerprint density at radius 3 is 2.80 bits per heavy atom. The SMILES string of the molecule is CCCCN(C)C(=O)C1CCCCC1=O. The minimum absolute atomic E-state index is 0.0353. The summed E-state index contributed by atoms with van der Waals surface area (Å²) >= 11 is 0. The molecule has 1 fully saturated rings. The van der Waals surface area contributed by atoms with E-state index in [4.69, 9.17) is 0 Å². The third-order valence-corrected chi connectivity index (χ3v) is 3.08. The quantitative estimate of drug-likeness (QED) is 0.667. The fourth-order valence-electron chi connectivity index (χ4n) is 2.02. The van der Waals surface area contributed by atoms with Gasteiger partial charge in [0.1, 0.15) is 5.78 Å². The van der Waals surface area contributed by atoms with Gasteiger partial charge in [-0.2, -0.15) is 0 Å². The van der Waals surface area contributed by atoms with Gasteiger partial charge in [0.15, 0.2) is 0 Å². The summed E-state index contributed by atoms with van der Waals surface area (Å²) in [5, 5.41) is 0. The topological polar surface area (TPSA) is 37.4 Å². The van der Waals surface area contributed by atoms with Crippen LogP contribution in [-0.2, 0) is 9.59 Å². The Morgan fingerprint density at radius 2 is 2.20 bits per heavy atom. The first-order valence-electron chi connectivity index (χ1n) is 5.94. The van der Waals surface area contributed by atoms with Crippen LogP contribution in [0.25, 0.3) is 0 Å². The molecule has 0 aromatic rings. The minimum Gasteiger partial charge on any atom is -0.345 e. The summed E-state index contributed by atoms with van der Waals surface area (Å²) in [5.74, 6) is -0.150. The lowest BCUT2D eigenvalue weighted by molar-refractivity contribution is -0.141. The number of carbonyl (C=O) groups excluding carboxylic acids is 2. The lowest BCUT2D eigenvalue weighted by Gasteiger charge is -2.25. The number of ketones is 1. The molecule has 15 heavy (non-hydrogen) atoms. The predicted octanol–water partition coefficient (Wildman–Crippen LogP) is 2.00. The molecule has 1 amide bonds. The molecular formula is C12H21NO2. The smallest absolute Gasteiger partial charge is 0.232 e. The second-order valence-corrected chi connectivity index (χ2v) is 4.38. The molecule has 0 aromatic heterocycles. The van der Waals surface area contributed by atoms with Crippen molar-refractivity contribution in [2.24, 2.45) is 5.92 Å². The highest BCUT2D eigenvalue weighted by Gasteiger charge is 2.30. The zero-order valence-electron chi connectivity index (χ0n) is 9.79. The van der Waals surface area contributed by atoms with Crippen LogP contribution in [0.5, 0.6) is 0 Å². The van der Waals surface area contributed by atoms with Crippen LogP contribution in [0.3, 0.4) is 0 Å². The number of hydrogen-bond acceptors (Lipinski definition) is 2. The van der Waals surface area contributed by atoms with E-state index in [0.29, 0.717) is 6.42 Å². The van der Waals surface area contributed by atoms with Crippen LogP contribution in [-0.4, -0.2) is 30.2 Å². The van der Waals surface area contributed by atoms with Gasteiger partial charge in [-0.3, -0.25) is 9.59 Å². The van der Waals surface area contributed by atoms with E-state index in [9.17, 15) is 9.59 Å². The molecule has 86 valence electrons. The standard InChI is InChI=1S/C12H21NO2/c1-3-4-9-13(2)12(15)10-7-5-6-8-11(10)14/h10H,3-9H2,1-2H3. The molecule has 0 N–H and O–H groups in total. The highest BCUT2D eigenvalue weighted by Crippen LogP contribution is 2.22. The molecule has 0 heterocycles. The van der Waals surface area contributed by atoms with Crippen molar-refractivity contribution in [2.45, 2.75) is 45.4 Å². The van der Waals surface area contributed by atoms with Crippen molar-refractivity contribution in [1.29, 1.82) is 0 Å². The lowest BCUT2D eigenvalue weighted by atomic mass is 9.87. The molecule has 0 aliphatic heterocycles. The first kappa shape index (κ1) is 12.2. The van der Waals surface area contributed by atoms with Gasteiger partial charge in [-0.05, 0) is 19.3 Å². The van der Waals surface area contributed by atoms with E-state index in [2.05, 4.69) is 6.92 Å². The van der Waals surface area contributed by atoms with Crippen LogP contribution < -0.4 is 0 Å². The summed E-state index contributed by atoms with van der Waals surface area (Å²) in [6.07, 6.45) is 5.43. The maximum absolute atomic E-state index is 11.9. The maximum atomic E-state index is 11.9. The predicted molar refractivity (Wildman–Crippen MR) is 59.5 cm³/mol. The normalized spacial score (nSPS) is 21.5. The number of Topliss-reactive ketones (excluding diaryl/α,β-unsaturated/α-hetero) is 1. The molecule has 0 radical (unpaired) electrons. The highest BCUT2D eigenvalue weighted by molar-refractivity contribution is 6.01. The van der Waals surface area contributed by atoms with Gasteiger partial charge in [-0.1, -0.05) is 19.8 Å². The van der Waals surface area contributed by atoms with Gasteiger partial charge < -0.3 is 4.90 Å². The average Bonchev–Trinajstić information content (AvgIpc) is 2.25. The van der Waals surface area contributed by atoms with Crippen molar-refractivity contribution in [3.8, 4) is 0 Å². The monoisotopic (exact) mass is 211 g/mol. The molecule has 1 unspecified atom stereocenters. The number of amides is 1. The summed E-state index contributed by atoms with van der Waals surface area (Å²) in [7, 11) is 1.81. The number of unbranched alkanes of at least 4 members (excludes halogenated alkanes) is 1. The third-order valence-electron chi connectivity index (χ3n) is 3.08. The van der Waals surface area contributed by atoms with Gasteiger partial charge in [0, 0.05) is 20.0 Å². The number of carbonyl (C=O) groups is 2. The van der Waals surface area contributed by atoms with Crippen molar-refractivity contribution in [3.05, 3.63) is 0 Å². The van der Waals surface area contributed by atoms with Crippen molar-refractivity contribution >= 4 is 11.7 Å². The van der Waals surface area contributed by atoms with Gasteiger partial charge >= 0.3 is 0 Å². The molecule has 0 bridgehead atoms. The van der Waals surface area contributed by atoms with Crippen molar-refractivity contribution in [1.82, 2.24) is 4.90 Å². The summed E-state index contributed by atoms with van der Waals surface area (Å²) in [6, 6.07) is 0. The summed E-state index contributed by atoms with van der Waals surface area (Å²) in [4.78, 5) is 25.2. The van der Waals surface area contributed by atoms with E-state index >= 15 is 0 Å². The van der Waals surface area contributed by atoms with Gasteiger partial charge in [0.2, 0.25) is 5.91 Å². The number of nitrogens with zero attached hydrogens (tertiary/aromatic N) is 1. The van der Waals surface area contributed by atoms with Crippen LogP contribution in [0.2, 0.25) is 0 Å². The molecule has 1 aliphatic carbocycles. The number of rotatable bonds is 4. The molecule has 1 atom stereocenters. The van der Waals surface area contributed by atoms with Crippen molar-refractivity contribution in [2.75, 3.05) is 13.6 Å². The fraction of sp³-hybridized carbons (Fsp3) is 0.833. The lowest BCUT2D eigenvalue weighted by Crippen LogP contribution is -2.38. The minimum atomic E-state index is -0.333. The number of hydrogen-bond donors (Lipinski definition) is 0. The Hall–Kier alpha value is -0.860. The molecule has 3 heteroatoms. The molecule has 1 saturated carbocycles. The van der Waals surface area contributed by atoms with Gasteiger partial charge in [-0.25, -0.2) is 0 Å². The van der Waals surface area contributed by atoms with Gasteiger partial charge in [-0.15, -0.1) is 0 Å². The second kappa shape index (κ2) is 5.89. The Balaban J connectivity index is 2.46. The Morgan fingerprint density at radius 1 is 1.47 bits per heavy atom. The molecule has 0 aromatic carbocycles. The fourth-order valence-corrected chi connectivity index (χ4v) is 2.02. The molecule has 0 spiro atoms. The van der Waals surface area contributed by atoms with Crippen LogP contribution >= 0.6 is 0 Å². The molecule has 3 nitrogen and oxygen atoms in total. The first-order valence-corrected chi connectivity index (χ1v) is 5.94. The Kier molecular flexibility index (Phi) is 4.79. The van der Waals surface area contributed by atoms with Gasteiger partial charge in [0.25, 0.3) is 0 Å². The highest BCUT2D eigenvalue weighted by atomic mass is 16.2. The summed E-state index contributed by atoms with van der Waals surface area (Å²) in [6.45, 7) is 2.88. The first-order chi connectivity index (χ1) is 7.16. The average molecular weight is 211 g/mol. The van der Waals surface area contributed by atoms with Crippen molar-refractivity contribution in [3.63, 3.8) is 0 Å². The molecule has 1 rings (SSSR count). The Labute approximate surface area is 91.8 Å². The van der Waals surface area contributed by atoms with Crippen LogP contribution in [0, 0.1) is 5.92 Å². The second-order valence-electron chi connectivity index (χ2n) is 4.38. The molecule has 0 saturated heterocycles. The van der Waals surface area contributed by atoms with E-state index < -0.39 is 0 Å². The molecular weight excluding hydrogens is 190 g/mol. The zero-order chi connectivity index (χ0) is 11.3. The summed E-state index contributed by atoms with van der Waals surface area (Å²) < 4.78 is 0. The van der Waals surface area contributed by atoms with E-state index in [1.165, 1.54) is 0 Å².